The molecule has 1 saturated heterocycles. The lowest BCUT2D eigenvalue weighted by atomic mass is 10.1. The number of nitrogens with zero attached hydrogens (tertiary/aromatic N) is 2. The van der Waals surface area contributed by atoms with Crippen LogP contribution in [0.1, 0.15) is 18.1 Å². The fraction of sp³-hybridized carbons (Fsp3) is 0.800. The first kappa shape index (κ1) is 11.0. The molecule has 1 aromatic rings. The van der Waals surface area contributed by atoms with Gasteiger partial charge in [-0.1, -0.05) is 5.16 Å². The van der Waals surface area contributed by atoms with E-state index in [0.29, 0.717) is 0 Å². The van der Waals surface area contributed by atoms with Gasteiger partial charge in [0.15, 0.2) is 5.82 Å². The number of hydrogen-bond donors (Lipinski definition) is 1. The first-order chi connectivity index (χ1) is 7.38. The molecule has 1 aromatic heterocycles. The highest BCUT2D eigenvalue weighted by Crippen LogP contribution is 2.25. The van der Waals surface area contributed by atoms with E-state index in [2.05, 4.69) is 15.5 Å². The van der Waals surface area contributed by atoms with Gasteiger partial charge >= 0.3 is 0 Å². The van der Waals surface area contributed by atoms with E-state index < -0.39 is 0 Å². The van der Waals surface area contributed by atoms with Crippen LogP contribution in [0.4, 0.5) is 0 Å². The zero-order valence-corrected chi connectivity index (χ0v) is 9.85. The predicted octanol–water partition coefficient (Wildman–Crippen LogP) is 1.13. The number of rotatable bonds is 5. The molecule has 15 heavy (non-hydrogen) atoms. The molecule has 1 fully saturated rings. The Labute approximate surface area is 94.2 Å². The summed E-state index contributed by atoms with van der Waals surface area (Å²) < 4.78 is 5.23. The maximum Gasteiger partial charge on any atom is 0.226 e. The van der Waals surface area contributed by atoms with E-state index >= 15 is 0 Å². The van der Waals surface area contributed by atoms with Gasteiger partial charge in [0.2, 0.25) is 5.89 Å². The van der Waals surface area contributed by atoms with Crippen LogP contribution in [0, 0.1) is 5.92 Å². The van der Waals surface area contributed by atoms with Gasteiger partial charge in [0.25, 0.3) is 0 Å². The van der Waals surface area contributed by atoms with Crippen molar-refractivity contribution in [2.75, 3.05) is 25.1 Å². The molecule has 84 valence electrons. The fourth-order valence-corrected chi connectivity index (χ4v) is 2.99. The molecule has 1 atom stereocenters. The van der Waals surface area contributed by atoms with Gasteiger partial charge in [-0.25, -0.2) is 0 Å². The molecule has 0 spiro atoms. The second kappa shape index (κ2) is 5.51. The second-order valence-corrected chi connectivity index (χ2v) is 5.04. The lowest BCUT2D eigenvalue weighted by molar-refractivity contribution is 0.355. The Morgan fingerprint density at radius 2 is 2.53 bits per heavy atom. The highest BCUT2D eigenvalue weighted by atomic mass is 32.2. The highest BCUT2D eigenvalue weighted by molar-refractivity contribution is 7.99. The molecule has 2 heterocycles. The van der Waals surface area contributed by atoms with E-state index in [1.807, 2.05) is 18.8 Å². The van der Waals surface area contributed by atoms with Crippen molar-refractivity contribution in [1.82, 2.24) is 15.5 Å². The quantitative estimate of drug-likeness (QED) is 0.817. The topological polar surface area (TPSA) is 51.0 Å². The zero-order chi connectivity index (χ0) is 10.5. The van der Waals surface area contributed by atoms with E-state index in [-0.39, 0.29) is 0 Å². The van der Waals surface area contributed by atoms with Crippen LogP contribution in [-0.4, -0.2) is 35.2 Å². The number of hydrogen-bond acceptors (Lipinski definition) is 5. The number of nitrogens with one attached hydrogen (secondary N) is 1. The maximum absolute atomic E-state index is 5.23. The van der Waals surface area contributed by atoms with Crippen LogP contribution in [0.5, 0.6) is 0 Å². The number of thioether (sulfide) groups is 1. The van der Waals surface area contributed by atoms with Crippen LogP contribution >= 0.6 is 11.8 Å². The molecule has 1 aliphatic heterocycles. The van der Waals surface area contributed by atoms with Crippen LogP contribution in [0.3, 0.4) is 0 Å². The van der Waals surface area contributed by atoms with Gasteiger partial charge in [0.1, 0.15) is 0 Å². The molecule has 0 radical (unpaired) electrons. The van der Waals surface area contributed by atoms with Crippen molar-refractivity contribution in [2.24, 2.45) is 5.92 Å². The summed E-state index contributed by atoms with van der Waals surface area (Å²) >= 11 is 2.02. The minimum absolute atomic E-state index is 0.743. The molecule has 0 amide bonds. The molecule has 1 unspecified atom stereocenters. The molecule has 2 rings (SSSR count). The average Bonchev–Trinajstić information content (AvgIpc) is 2.87. The summed E-state index contributed by atoms with van der Waals surface area (Å²) in [5.41, 5.74) is 0. The van der Waals surface area contributed by atoms with Crippen LogP contribution in [0.25, 0.3) is 0 Å². The van der Waals surface area contributed by atoms with Crippen molar-refractivity contribution >= 4 is 11.8 Å². The van der Waals surface area contributed by atoms with Crippen LogP contribution < -0.4 is 5.32 Å². The van der Waals surface area contributed by atoms with Gasteiger partial charge in [-0.3, -0.25) is 0 Å². The van der Waals surface area contributed by atoms with Gasteiger partial charge < -0.3 is 9.84 Å². The Bertz CT molecular complexity index is 297. The summed E-state index contributed by atoms with van der Waals surface area (Å²) in [6.07, 6.45) is 3.10. The summed E-state index contributed by atoms with van der Waals surface area (Å²) in [7, 11) is 1.93. The average molecular weight is 227 g/mol. The third-order valence-electron chi connectivity index (χ3n) is 2.60. The first-order valence-corrected chi connectivity index (χ1v) is 6.57. The third kappa shape index (κ3) is 3.21. The maximum atomic E-state index is 5.23. The largest absolute Gasteiger partial charge is 0.339 e. The SMILES string of the molecule is CNCCc1noc(CC2CCSC2)n1. The second-order valence-electron chi connectivity index (χ2n) is 3.89. The van der Waals surface area contributed by atoms with Gasteiger partial charge in [0, 0.05) is 19.4 Å². The minimum Gasteiger partial charge on any atom is -0.339 e. The van der Waals surface area contributed by atoms with Crippen molar-refractivity contribution in [3.8, 4) is 0 Å². The molecular weight excluding hydrogens is 210 g/mol. The van der Waals surface area contributed by atoms with E-state index in [1.165, 1.54) is 17.9 Å². The third-order valence-corrected chi connectivity index (χ3v) is 3.83. The van der Waals surface area contributed by atoms with Crippen molar-refractivity contribution < 1.29 is 4.52 Å². The van der Waals surface area contributed by atoms with Crippen molar-refractivity contribution in [1.29, 1.82) is 0 Å². The monoisotopic (exact) mass is 227 g/mol. The molecule has 0 aliphatic carbocycles. The van der Waals surface area contributed by atoms with E-state index in [1.54, 1.807) is 0 Å². The summed E-state index contributed by atoms with van der Waals surface area (Å²) in [5.74, 6) is 4.91. The standard InChI is InChI=1S/C10H17N3OS/c1-11-4-2-9-12-10(14-13-9)6-8-3-5-15-7-8/h8,11H,2-7H2,1H3. The van der Waals surface area contributed by atoms with Gasteiger partial charge in [-0.2, -0.15) is 16.7 Å². The van der Waals surface area contributed by atoms with Gasteiger partial charge in [0.05, 0.1) is 0 Å². The molecule has 1 aliphatic rings. The lowest BCUT2D eigenvalue weighted by Crippen LogP contribution is -2.11. The van der Waals surface area contributed by atoms with Gasteiger partial charge in [-0.15, -0.1) is 0 Å². The van der Waals surface area contributed by atoms with E-state index in [9.17, 15) is 0 Å². The molecule has 4 nitrogen and oxygen atoms in total. The van der Waals surface area contributed by atoms with E-state index in [4.69, 9.17) is 4.52 Å². The Morgan fingerprint density at radius 3 is 3.27 bits per heavy atom. The summed E-state index contributed by atoms with van der Waals surface area (Å²) in [6.45, 7) is 0.901. The molecule has 0 saturated carbocycles. The van der Waals surface area contributed by atoms with E-state index in [0.717, 1.165) is 37.0 Å². The normalized spacial score (nSPS) is 21.0. The summed E-state index contributed by atoms with van der Waals surface area (Å²) in [4.78, 5) is 4.38. The Morgan fingerprint density at radius 1 is 1.60 bits per heavy atom. The van der Waals surface area contributed by atoms with Gasteiger partial charge in [-0.05, 0) is 30.9 Å². The zero-order valence-electron chi connectivity index (χ0n) is 9.03. The predicted molar refractivity (Wildman–Crippen MR) is 61.1 cm³/mol. The minimum atomic E-state index is 0.743. The first-order valence-electron chi connectivity index (χ1n) is 5.42. The van der Waals surface area contributed by atoms with Crippen molar-refractivity contribution in [2.45, 2.75) is 19.3 Å². The fourth-order valence-electron chi connectivity index (χ4n) is 1.70. The van der Waals surface area contributed by atoms with Crippen LogP contribution in [-0.2, 0) is 12.8 Å². The Hall–Kier alpha value is -0.550. The van der Waals surface area contributed by atoms with Crippen LogP contribution in [0.2, 0.25) is 0 Å². The lowest BCUT2D eigenvalue weighted by Gasteiger charge is -2.01. The molecule has 5 heteroatoms. The Balaban J connectivity index is 1.83. The van der Waals surface area contributed by atoms with Crippen molar-refractivity contribution in [3.05, 3.63) is 11.7 Å². The summed E-state index contributed by atoms with van der Waals surface area (Å²) in [6, 6.07) is 0. The molecular formula is C10H17N3OS. The van der Waals surface area contributed by atoms with Crippen molar-refractivity contribution in [3.63, 3.8) is 0 Å². The smallest absolute Gasteiger partial charge is 0.226 e. The highest BCUT2D eigenvalue weighted by Gasteiger charge is 2.18. The Kier molecular flexibility index (Phi) is 4.02. The number of likely N-dealkylation sites (N-methyl/N-ethyl adjacent to an activating group) is 1. The molecule has 0 aromatic carbocycles. The summed E-state index contributed by atoms with van der Waals surface area (Å²) in [5, 5.41) is 7.04. The van der Waals surface area contributed by atoms with Crippen LogP contribution in [0.15, 0.2) is 4.52 Å². The number of aromatic nitrogens is 2. The molecule has 1 N–H and O–H groups in total. The molecule has 0 bridgehead atoms.